The highest BCUT2D eigenvalue weighted by atomic mass is 32.2. The second kappa shape index (κ2) is 10.4. The first-order chi connectivity index (χ1) is 15.3. The number of anilines is 1. The molecule has 2 N–H and O–H groups in total. The molecule has 0 radical (unpaired) electrons. The van der Waals surface area contributed by atoms with Crippen LogP contribution in [0, 0.1) is 11.3 Å². The van der Waals surface area contributed by atoms with Crippen LogP contribution in [0.25, 0.3) is 0 Å². The van der Waals surface area contributed by atoms with E-state index in [0.717, 1.165) is 12.8 Å². The van der Waals surface area contributed by atoms with E-state index in [4.69, 9.17) is 14.7 Å². The molecular formula is C22H23N3O6S. The molecule has 0 spiro atoms. The van der Waals surface area contributed by atoms with Gasteiger partial charge in [0.1, 0.15) is 0 Å². The Morgan fingerprint density at radius 3 is 2.66 bits per heavy atom. The van der Waals surface area contributed by atoms with Gasteiger partial charge in [0.2, 0.25) is 10.0 Å². The minimum Gasteiger partial charge on any atom is -0.449 e. The van der Waals surface area contributed by atoms with Crippen molar-refractivity contribution in [3.63, 3.8) is 0 Å². The van der Waals surface area contributed by atoms with Gasteiger partial charge in [-0.3, -0.25) is 4.79 Å². The molecule has 2 atom stereocenters. The lowest BCUT2D eigenvalue weighted by Gasteiger charge is -2.14. The van der Waals surface area contributed by atoms with Crippen LogP contribution >= 0.6 is 0 Å². The Morgan fingerprint density at radius 2 is 2.00 bits per heavy atom. The van der Waals surface area contributed by atoms with Crippen molar-refractivity contribution < 1.29 is 27.5 Å². The van der Waals surface area contributed by atoms with Crippen molar-refractivity contribution in [3.8, 4) is 6.07 Å². The molecule has 168 valence electrons. The Hall–Kier alpha value is -3.26. The molecule has 3 rings (SSSR count). The lowest BCUT2D eigenvalue weighted by atomic mass is 10.2. The van der Waals surface area contributed by atoms with Gasteiger partial charge in [-0.1, -0.05) is 6.07 Å². The minimum absolute atomic E-state index is 0.00279. The van der Waals surface area contributed by atoms with E-state index in [0.29, 0.717) is 17.9 Å². The Balaban J connectivity index is 1.60. The molecular weight excluding hydrogens is 434 g/mol. The first-order valence-electron chi connectivity index (χ1n) is 10.0. The summed E-state index contributed by atoms with van der Waals surface area (Å²) in [5.74, 6) is -1.39. The number of nitrogens with zero attached hydrogens (tertiary/aromatic N) is 1. The number of nitrogens with one attached hydrogen (secondary N) is 2. The summed E-state index contributed by atoms with van der Waals surface area (Å²) < 4.78 is 38.2. The van der Waals surface area contributed by atoms with E-state index in [1.54, 1.807) is 24.3 Å². The Labute approximate surface area is 186 Å². The molecule has 1 aliphatic rings. The number of rotatable bonds is 8. The van der Waals surface area contributed by atoms with Crippen LogP contribution in [-0.2, 0) is 24.3 Å². The highest BCUT2D eigenvalue weighted by Crippen LogP contribution is 2.16. The van der Waals surface area contributed by atoms with E-state index in [1.807, 2.05) is 6.07 Å². The van der Waals surface area contributed by atoms with Crippen LogP contribution in [0.5, 0.6) is 0 Å². The zero-order valence-corrected chi connectivity index (χ0v) is 18.2. The first-order valence-corrected chi connectivity index (χ1v) is 11.5. The zero-order chi connectivity index (χ0) is 23.1. The van der Waals surface area contributed by atoms with Crippen molar-refractivity contribution in [3.05, 3.63) is 59.7 Å². The van der Waals surface area contributed by atoms with Gasteiger partial charge >= 0.3 is 5.97 Å². The molecule has 2 aromatic carbocycles. The van der Waals surface area contributed by atoms with E-state index >= 15 is 0 Å². The topological polar surface area (TPSA) is 135 Å². The third-order valence-electron chi connectivity index (χ3n) is 4.84. The van der Waals surface area contributed by atoms with Crippen LogP contribution in [0.4, 0.5) is 5.69 Å². The van der Waals surface area contributed by atoms with Gasteiger partial charge in [-0.15, -0.1) is 0 Å². The van der Waals surface area contributed by atoms with E-state index in [-0.39, 0.29) is 23.1 Å². The Kier molecular flexibility index (Phi) is 7.58. The molecule has 0 aromatic heterocycles. The summed E-state index contributed by atoms with van der Waals surface area (Å²) in [6, 6.07) is 13.6. The number of hydrogen-bond donors (Lipinski definition) is 2. The SMILES string of the molecule is C[C@H](OC(=O)c1cccc(S(=O)(=O)NC[C@@H]2CCCO2)c1)C(=O)Nc1ccc(C#N)cc1. The van der Waals surface area contributed by atoms with Crippen LogP contribution in [0.3, 0.4) is 0 Å². The van der Waals surface area contributed by atoms with Crippen molar-refractivity contribution >= 4 is 27.6 Å². The van der Waals surface area contributed by atoms with Gasteiger partial charge in [-0.2, -0.15) is 5.26 Å². The van der Waals surface area contributed by atoms with Crippen molar-refractivity contribution in [1.82, 2.24) is 4.72 Å². The molecule has 0 saturated carbocycles. The summed E-state index contributed by atoms with van der Waals surface area (Å²) in [5, 5.41) is 11.4. The fourth-order valence-electron chi connectivity index (χ4n) is 3.04. The average Bonchev–Trinajstić information content (AvgIpc) is 3.32. The number of benzene rings is 2. The van der Waals surface area contributed by atoms with Crippen LogP contribution in [0.15, 0.2) is 53.4 Å². The van der Waals surface area contributed by atoms with E-state index < -0.39 is 28.0 Å². The van der Waals surface area contributed by atoms with Gasteiger partial charge in [0.25, 0.3) is 5.91 Å². The number of hydrogen-bond acceptors (Lipinski definition) is 7. The van der Waals surface area contributed by atoms with Gasteiger partial charge in [-0.25, -0.2) is 17.9 Å². The molecule has 0 aliphatic carbocycles. The normalized spacial score (nSPS) is 16.7. The molecule has 10 heteroatoms. The maximum Gasteiger partial charge on any atom is 0.338 e. The van der Waals surface area contributed by atoms with E-state index in [9.17, 15) is 18.0 Å². The van der Waals surface area contributed by atoms with E-state index in [1.165, 1.54) is 31.2 Å². The summed E-state index contributed by atoms with van der Waals surface area (Å²) >= 11 is 0. The number of sulfonamides is 1. The summed E-state index contributed by atoms with van der Waals surface area (Å²) in [5.41, 5.74) is 0.896. The molecule has 1 heterocycles. The van der Waals surface area contributed by atoms with Crippen LogP contribution < -0.4 is 10.0 Å². The van der Waals surface area contributed by atoms with Gasteiger partial charge in [-0.05, 0) is 62.2 Å². The number of esters is 1. The molecule has 1 aliphatic heterocycles. The van der Waals surface area contributed by atoms with Crippen LogP contribution in [0.1, 0.15) is 35.7 Å². The highest BCUT2D eigenvalue weighted by molar-refractivity contribution is 7.89. The predicted molar refractivity (Wildman–Crippen MR) is 115 cm³/mol. The predicted octanol–water partition coefficient (Wildman–Crippen LogP) is 2.20. The third-order valence-corrected chi connectivity index (χ3v) is 6.26. The van der Waals surface area contributed by atoms with Crippen LogP contribution in [0.2, 0.25) is 0 Å². The number of ether oxygens (including phenoxy) is 2. The summed E-state index contributed by atoms with van der Waals surface area (Å²) in [6.07, 6.45) is 0.395. The number of amides is 1. The quantitative estimate of drug-likeness (QED) is 0.580. The molecule has 0 unspecified atom stereocenters. The van der Waals surface area contributed by atoms with Crippen LogP contribution in [-0.4, -0.2) is 45.7 Å². The first kappa shape index (κ1) is 23.4. The highest BCUT2D eigenvalue weighted by Gasteiger charge is 2.23. The Bertz CT molecular complexity index is 1120. The number of carbonyl (C=O) groups is 2. The Morgan fingerprint density at radius 1 is 1.25 bits per heavy atom. The largest absolute Gasteiger partial charge is 0.449 e. The molecule has 1 fully saturated rings. The zero-order valence-electron chi connectivity index (χ0n) is 17.4. The molecule has 2 aromatic rings. The standard InChI is InChI=1S/C22H23N3O6S/c1-15(21(26)25-18-9-7-16(13-23)8-10-18)31-22(27)17-4-2-6-20(12-17)32(28,29)24-14-19-5-3-11-30-19/h2,4,6-10,12,15,19,24H,3,5,11,14H2,1H3,(H,25,26)/t15-,19-/m0/s1. The van der Waals surface area contributed by atoms with Gasteiger partial charge in [0.15, 0.2) is 6.10 Å². The summed E-state index contributed by atoms with van der Waals surface area (Å²) in [6.45, 7) is 2.18. The molecule has 0 bridgehead atoms. The fourth-order valence-corrected chi connectivity index (χ4v) is 4.15. The maximum atomic E-state index is 12.5. The molecule has 1 amide bonds. The minimum atomic E-state index is -3.84. The molecule has 9 nitrogen and oxygen atoms in total. The van der Waals surface area contributed by atoms with Crippen molar-refractivity contribution in [2.24, 2.45) is 0 Å². The van der Waals surface area contributed by atoms with Gasteiger partial charge in [0, 0.05) is 18.8 Å². The van der Waals surface area contributed by atoms with Gasteiger partial charge < -0.3 is 14.8 Å². The lowest BCUT2D eigenvalue weighted by Crippen LogP contribution is -2.32. The fraction of sp³-hybridized carbons (Fsp3) is 0.318. The van der Waals surface area contributed by atoms with E-state index in [2.05, 4.69) is 10.0 Å². The van der Waals surface area contributed by atoms with Crippen molar-refractivity contribution in [2.75, 3.05) is 18.5 Å². The number of nitriles is 1. The summed E-state index contributed by atoms with van der Waals surface area (Å²) in [7, 11) is -3.84. The van der Waals surface area contributed by atoms with Crippen molar-refractivity contribution in [2.45, 2.75) is 36.9 Å². The molecule has 1 saturated heterocycles. The van der Waals surface area contributed by atoms with Gasteiger partial charge in [0.05, 0.1) is 28.2 Å². The average molecular weight is 458 g/mol. The molecule has 32 heavy (non-hydrogen) atoms. The number of carbonyl (C=O) groups excluding carboxylic acids is 2. The third kappa shape index (κ3) is 6.13. The monoisotopic (exact) mass is 457 g/mol. The summed E-state index contributed by atoms with van der Waals surface area (Å²) in [4.78, 5) is 24.7. The van der Waals surface area contributed by atoms with Crippen molar-refractivity contribution in [1.29, 1.82) is 5.26 Å². The smallest absolute Gasteiger partial charge is 0.338 e. The lowest BCUT2D eigenvalue weighted by molar-refractivity contribution is -0.123. The second-order valence-electron chi connectivity index (χ2n) is 7.24. The second-order valence-corrected chi connectivity index (χ2v) is 9.01. The maximum absolute atomic E-state index is 12.5.